The lowest BCUT2D eigenvalue weighted by Crippen LogP contribution is -2.27. The molecule has 0 spiro atoms. The fourth-order valence-electron chi connectivity index (χ4n) is 1.87. The van der Waals surface area contributed by atoms with Gasteiger partial charge >= 0.3 is 6.09 Å². The Morgan fingerprint density at radius 1 is 1.38 bits per heavy atom. The number of methoxy groups -OCH3 is 1. The zero-order valence-electron chi connectivity index (χ0n) is 12.3. The van der Waals surface area contributed by atoms with Gasteiger partial charge < -0.3 is 18.9 Å². The Kier molecular flexibility index (Phi) is 3.93. The number of amides is 1. The number of fused-ring (bicyclic) bond motifs is 1. The summed E-state index contributed by atoms with van der Waals surface area (Å²) in [5, 5.41) is 2.54. The lowest BCUT2D eigenvalue weighted by molar-refractivity contribution is 0.0634. The topological polar surface area (TPSA) is 83.1 Å². The largest absolute Gasteiger partial charge is 0.494 e. The second kappa shape index (κ2) is 5.51. The average molecular weight is 295 g/mol. The summed E-state index contributed by atoms with van der Waals surface area (Å²) in [6, 6.07) is 1.49. The van der Waals surface area contributed by atoms with E-state index in [0.29, 0.717) is 17.8 Å². The van der Waals surface area contributed by atoms with E-state index in [-0.39, 0.29) is 23.8 Å². The van der Waals surface area contributed by atoms with Crippen LogP contribution in [0.1, 0.15) is 31.1 Å². The van der Waals surface area contributed by atoms with Crippen molar-refractivity contribution in [2.24, 2.45) is 0 Å². The van der Waals surface area contributed by atoms with E-state index in [4.69, 9.17) is 18.9 Å². The van der Waals surface area contributed by atoms with Crippen LogP contribution < -0.4 is 19.5 Å². The molecule has 0 saturated carbocycles. The van der Waals surface area contributed by atoms with Crippen molar-refractivity contribution >= 4 is 18.1 Å². The quantitative estimate of drug-likeness (QED) is 0.863. The zero-order chi connectivity index (χ0) is 15.6. The molecule has 1 aliphatic rings. The molecule has 1 amide bonds. The van der Waals surface area contributed by atoms with Crippen molar-refractivity contribution in [3.05, 3.63) is 11.6 Å². The predicted octanol–water partition coefficient (Wildman–Crippen LogP) is 2.58. The molecule has 7 heteroatoms. The summed E-state index contributed by atoms with van der Waals surface area (Å²) < 4.78 is 20.9. The molecule has 1 N–H and O–H groups in total. The highest BCUT2D eigenvalue weighted by Crippen LogP contribution is 2.47. The molecule has 21 heavy (non-hydrogen) atoms. The third-order valence-corrected chi connectivity index (χ3v) is 2.60. The van der Waals surface area contributed by atoms with Gasteiger partial charge in [-0.15, -0.1) is 0 Å². The van der Waals surface area contributed by atoms with Crippen molar-refractivity contribution in [3.8, 4) is 17.2 Å². The summed E-state index contributed by atoms with van der Waals surface area (Å²) in [6.07, 6.45) is -0.0670. The number of anilines is 1. The van der Waals surface area contributed by atoms with E-state index in [0.717, 1.165) is 0 Å². The lowest BCUT2D eigenvalue weighted by atomic mass is 10.1. The second-order valence-corrected chi connectivity index (χ2v) is 5.35. The van der Waals surface area contributed by atoms with Crippen LogP contribution in [-0.2, 0) is 4.74 Å². The minimum absolute atomic E-state index is 0.00377. The van der Waals surface area contributed by atoms with Crippen LogP contribution in [0.2, 0.25) is 0 Å². The first-order valence-corrected chi connectivity index (χ1v) is 6.31. The summed E-state index contributed by atoms with van der Waals surface area (Å²) in [4.78, 5) is 23.1. The van der Waals surface area contributed by atoms with Gasteiger partial charge in [-0.1, -0.05) is 0 Å². The van der Waals surface area contributed by atoms with Gasteiger partial charge in [0.15, 0.2) is 23.5 Å². The molecule has 7 nitrogen and oxygen atoms in total. The number of nitrogens with one attached hydrogen (secondary N) is 1. The SMILES string of the molecule is COc1c(C=O)cc2c(c1NC(=O)OC(C)(C)C)OCO2. The molecule has 1 heterocycles. The van der Waals surface area contributed by atoms with Gasteiger partial charge in [0.2, 0.25) is 6.79 Å². The molecule has 2 rings (SSSR count). The molecule has 0 radical (unpaired) electrons. The highest BCUT2D eigenvalue weighted by Gasteiger charge is 2.27. The van der Waals surface area contributed by atoms with Crippen LogP contribution in [0.3, 0.4) is 0 Å². The monoisotopic (exact) mass is 295 g/mol. The van der Waals surface area contributed by atoms with Crippen LogP contribution in [0.4, 0.5) is 10.5 Å². The summed E-state index contributed by atoms with van der Waals surface area (Å²) in [5.74, 6) is 0.868. The molecule has 114 valence electrons. The number of benzene rings is 1. The molecule has 0 atom stereocenters. The van der Waals surface area contributed by atoms with Crippen LogP contribution >= 0.6 is 0 Å². The Bertz CT molecular complexity index is 576. The molecule has 0 bridgehead atoms. The van der Waals surface area contributed by atoms with Crippen molar-refractivity contribution in [2.45, 2.75) is 26.4 Å². The van der Waals surface area contributed by atoms with Crippen molar-refractivity contribution in [3.63, 3.8) is 0 Å². The Morgan fingerprint density at radius 2 is 2.10 bits per heavy atom. The maximum absolute atomic E-state index is 11.9. The summed E-state index contributed by atoms with van der Waals surface area (Å²) in [7, 11) is 1.39. The van der Waals surface area contributed by atoms with Crippen molar-refractivity contribution in [1.29, 1.82) is 0 Å². The highest BCUT2D eigenvalue weighted by molar-refractivity contribution is 5.95. The number of carbonyl (C=O) groups excluding carboxylic acids is 2. The molecule has 0 saturated heterocycles. The Morgan fingerprint density at radius 3 is 2.67 bits per heavy atom. The number of carbonyl (C=O) groups is 2. The number of aldehydes is 1. The fraction of sp³-hybridized carbons (Fsp3) is 0.429. The molecule has 1 aromatic carbocycles. The number of rotatable bonds is 3. The van der Waals surface area contributed by atoms with E-state index in [9.17, 15) is 9.59 Å². The van der Waals surface area contributed by atoms with E-state index in [2.05, 4.69) is 5.32 Å². The summed E-state index contributed by atoms with van der Waals surface area (Å²) in [6.45, 7) is 5.24. The van der Waals surface area contributed by atoms with Crippen LogP contribution in [0, 0.1) is 0 Å². The summed E-state index contributed by atoms with van der Waals surface area (Å²) >= 11 is 0. The van der Waals surface area contributed by atoms with Gasteiger partial charge in [0, 0.05) is 0 Å². The predicted molar refractivity (Wildman–Crippen MR) is 74.4 cm³/mol. The Balaban J connectivity index is 2.39. The first-order valence-electron chi connectivity index (χ1n) is 6.31. The molecular formula is C14H17NO6. The molecule has 0 aromatic heterocycles. The van der Waals surface area contributed by atoms with Gasteiger partial charge in [-0.25, -0.2) is 4.79 Å². The van der Waals surface area contributed by atoms with Crippen LogP contribution in [0.25, 0.3) is 0 Å². The number of hydrogen-bond acceptors (Lipinski definition) is 6. The summed E-state index contributed by atoms with van der Waals surface area (Å²) in [5.41, 5.74) is -0.197. The minimum atomic E-state index is -0.679. The first-order chi connectivity index (χ1) is 9.85. The first kappa shape index (κ1) is 15.0. The van der Waals surface area contributed by atoms with Gasteiger partial charge in [0.1, 0.15) is 11.3 Å². The lowest BCUT2D eigenvalue weighted by Gasteiger charge is -2.21. The molecule has 0 unspecified atom stereocenters. The molecule has 1 aliphatic heterocycles. The minimum Gasteiger partial charge on any atom is -0.494 e. The standard InChI is InChI=1S/C14H17NO6/c1-14(2,3)21-13(17)15-10-11(18-4)8(6-16)5-9-12(10)20-7-19-9/h5-6H,7H2,1-4H3,(H,15,17). The normalized spacial score (nSPS) is 12.8. The number of ether oxygens (including phenoxy) is 4. The van der Waals surface area contributed by atoms with E-state index < -0.39 is 11.7 Å². The van der Waals surface area contributed by atoms with Gasteiger partial charge in [-0.05, 0) is 26.8 Å². The van der Waals surface area contributed by atoms with Crippen LogP contribution in [0.5, 0.6) is 17.2 Å². The third kappa shape index (κ3) is 3.18. The van der Waals surface area contributed by atoms with Crippen molar-refractivity contribution < 1.29 is 28.5 Å². The van der Waals surface area contributed by atoms with E-state index >= 15 is 0 Å². The molecule has 0 aliphatic carbocycles. The molecule has 0 fully saturated rings. The average Bonchev–Trinajstić information content (AvgIpc) is 2.83. The van der Waals surface area contributed by atoms with Gasteiger partial charge in [0.25, 0.3) is 0 Å². The smallest absolute Gasteiger partial charge is 0.412 e. The number of hydrogen-bond donors (Lipinski definition) is 1. The third-order valence-electron chi connectivity index (χ3n) is 2.60. The van der Waals surface area contributed by atoms with Gasteiger partial charge in [0.05, 0.1) is 12.7 Å². The molecule has 1 aromatic rings. The van der Waals surface area contributed by atoms with Crippen molar-refractivity contribution in [1.82, 2.24) is 0 Å². The van der Waals surface area contributed by atoms with Gasteiger partial charge in [-0.2, -0.15) is 0 Å². The van der Waals surface area contributed by atoms with E-state index in [1.165, 1.54) is 13.2 Å². The zero-order valence-corrected chi connectivity index (χ0v) is 12.3. The fourth-order valence-corrected chi connectivity index (χ4v) is 1.87. The second-order valence-electron chi connectivity index (χ2n) is 5.35. The van der Waals surface area contributed by atoms with Crippen LogP contribution in [0.15, 0.2) is 6.07 Å². The van der Waals surface area contributed by atoms with E-state index in [1.807, 2.05) is 0 Å². The van der Waals surface area contributed by atoms with Crippen molar-refractivity contribution in [2.75, 3.05) is 19.2 Å². The molecular weight excluding hydrogens is 278 g/mol. The van der Waals surface area contributed by atoms with E-state index in [1.54, 1.807) is 20.8 Å². The Hall–Kier alpha value is -2.44. The van der Waals surface area contributed by atoms with Crippen LogP contribution in [-0.4, -0.2) is 31.9 Å². The maximum Gasteiger partial charge on any atom is 0.412 e. The van der Waals surface area contributed by atoms with Gasteiger partial charge in [-0.3, -0.25) is 10.1 Å². The maximum atomic E-state index is 11.9. The Labute approximate surface area is 122 Å². The highest BCUT2D eigenvalue weighted by atomic mass is 16.7.